The summed E-state index contributed by atoms with van der Waals surface area (Å²) in [6, 6.07) is -0.538. The van der Waals surface area contributed by atoms with Gasteiger partial charge in [0.15, 0.2) is 0 Å². The summed E-state index contributed by atoms with van der Waals surface area (Å²) in [5.41, 5.74) is 0. The number of allylic oxidation sites excluding steroid dienone is 4. The molecule has 0 spiro atoms. The molecule has 0 rings (SSSR count). The van der Waals surface area contributed by atoms with Crippen LogP contribution in [0.3, 0.4) is 0 Å². The van der Waals surface area contributed by atoms with Gasteiger partial charge in [-0.05, 0) is 57.8 Å². The van der Waals surface area contributed by atoms with Gasteiger partial charge in [0.25, 0.3) is 0 Å². The van der Waals surface area contributed by atoms with E-state index in [9.17, 15) is 19.8 Å². The fourth-order valence-electron chi connectivity index (χ4n) is 11.9. The first-order chi connectivity index (χ1) is 40.0. The van der Waals surface area contributed by atoms with E-state index in [1.165, 1.54) is 334 Å². The minimum absolute atomic E-state index is 0.0171. The van der Waals surface area contributed by atoms with Gasteiger partial charge >= 0.3 is 5.97 Å². The average molecular weight is 1140 g/mol. The highest BCUT2D eigenvalue weighted by Gasteiger charge is 2.20. The van der Waals surface area contributed by atoms with Crippen molar-refractivity contribution in [3.8, 4) is 0 Å². The number of carbonyl (C=O) groups excluding carboxylic acids is 2. The van der Waals surface area contributed by atoms with Crippen LogP contribution in [0.4, 0.5) is 0 Å². The lowest BCUT2D eigenvalue weighted by Crippen LogP contribution is -2.45. The van der Waals surface area contributed by atoms with Crippen molar-refractivity contribution in [2.24, 2.45) is 0 Å². The van der Waals surface area contributed by atoms with Gasteiger partial charge in [-0.25, -0.2) is 0 Å². The molecule has 0 fully saturated rings. The first-order valence-electron chi connectivity index (χ1n) is 37.1. The van der Waals surface area contributed by atoms with Crippen LogP contribution in [0, 0.1) is 0 Å². The number of ether oxygens (including phenoxy) is 1. The molecule has 6 nitrogen and oxygen atoms in total. The molecule has 2 unspecified atom stereocenters. The highest BCUT2D eigenvalue weighted by molar-refractivity contribution is 5.76. The minimum Gasteiger partial charge on any atom is -0.466 e. The lowest BCUT2D eigenvalue weighted by molar-refractivity contribution is -0.143. The Morgan fingerprint density at radius 2 is 0.617 bits per heavy atom. The molecule has 0 aromatic heterocycles. The molecular formula is C75H145NO5. The van der Waals surface area contributed by atoms with Crippen LogP contribution in [0.15, 0.2) is 24.3 Å². The highest BCUT2D eigenvalue weighted by atomic mass is 16.5. The number of carbonyl (C=O) groups is 2. The van der Waals surface area contributed by atoms with Crippen molar-refractivity contribution in [2.75, 3.05) is 13.2 Å². The molecule has 0 aliphatic rings. The second kappa shape index (κ2) is 70.8. The first kappa shape index (κ1) is 79.3. The van der Waals surface area contributed by atoms with Crippen molar-refractivity contribution >= 4 is 11.9 Å². The molecule has 0 aromatic rings. The van der Waals surface area contributed by atoms with Crippen molar-refractivity contribution < 1.29 is 24.5 Å². The van der Waals surface area contributed by atoms with E-state index in [4.69, 9.17) is 4.74 Å². The van der Waals surface area contributed by atoms with Gasteiger partial charge < -0.3 is 20.3 Å². The molecule has 3 N–H and O–H groups in total. The Labute approximate surface area is 507 Å². The van der Waals surface area contributed by atoms with E-state index in [2.05, 4.69) is 43.5 Å². The molecule has 0 heterocycles. The number of rotatable bonds is 70. The number of aliphatic hydroxyl groups excluding tert-OH is 2. The van der Waals surface area contributed by atoms with E-state index in [-0.39, 0.29) is 18.5 Å². The molecule has 0 saturated carbocycles. The van der Waals surface area contributed by atoms with Gasteiger partial charge in [0, 0.05) is 12.8 Å². The number of esters is 1. The number of hydrogen-bond donors (Lipinski definition) is 3. The fourth-order valence-corrected chi connectivity index (χ4v) is 11.9. The van der Waals surface area contributed by atoms with E-state index < -0.39 is 12.1 Å². The van der Waals surface area contributed by atoms with Gasteiger partial charge in [-0.2, -0.15) is 0 Å². The summed E-state index contributed by atoms with van der Waals surface area (Å²) in [5.74, 6) is -0.0107. The Morgan fingerprint density at radius 1 is 0.346 bits per heavy atom. The third-order valence-electron chi connectivity index (χ3n) is 17.5. The van der Waals surface area contributed by atoms with Gasteiger partial charge in [-0.15, -0.1) is 0 Å². The molecule has 0 bridgehead atoms. The van der Waals surface area contributed by atoms with E-state index in [0.29, 0.717) is 25.9 Å². The number of hydrogen-bond acceptors (Lipinski definition) is 5. The Bertz CT molecular complexity index is 1270. The Hall–Kier alpha value is -1.66. The number of nitrogens with one attached hydrogen (secondary N) is 1. The fraction of sp³-hybridized carbons (Fsp3) is 0.920. The van der Waals surface area contributed by atoms with Gasteiger partial charge in [-0.1, -0.05) is 372 Å². The monoisotopic (exact) mass is 1140 g/mol. The van der Waals surface area contributed by atoms with Crippen molar-refractivity contribution in [1.29, 1.82) is 0 Å². The van der Waals surface area contributed by atoms with Crippen LogP contribution in [-0.2, 0) is 14.3 Å². The van der Waals surface area contributed by atoms with E-state index in [0.717, 1.165) is 51.4 Å². The zero-order valence-corrected chi connectivity index (χ0v) is 55.0. The standard InChI is InChI=1S/C75H145NO5/c1-3-5-7-9-11-13-15-17-19-20-33-37-41-45-49-53-57-61-65-69-75(80)81-70-66-62-58-54-50-46-42-38-35-32-30-28-26-24-22-21-23-25-27-29-31-34-36-40-44-48-52-56-60-64-68-74(79)76-72(71-77)73(78)67-63-59-55-51-47-43-39-18-16-14-12-10-8-6-4-2/h11,13,17,19,72-73,77-78H,3-10,12,14-16,18,20-71H2,1-2H3,(H,76,79)/b13-11-,19-17-. The molecule has 0 radical (unpaired) electrons. The third-order valence-corrected chi connectivity index (χ3v) is 17.5. The number of unbranched alkanes of at least 4 members (excludes halogenated alkanes) is 55. The molecular weight excluding hydrogens is 995 g/mol. The summed E-state index contributed by atoms with van der Waals surface area (Å²) in [6.45, 7) is 4.97. The maximum absolute atomic E-state index is 12.5. The lowest BCUT2D eigenvalue weighted by Gasteiger charge is -2.22. The topological polar surface area (TPSA) is 95.9 Å². The predicted octanol–water partition coefficient (Wildman–Crippen LogP) is 24.1. The Kier molecular flexibility index (Phi) is 69.4. The quantitative estimate of drug-likeness (QED) is 0.0320. The van der Waals surface area contributed by atoms with Crippen LogP contribution in [0.1, 0.15) is 418 Å². The van der Waals surface area contributed by atoms with Crippen molar-refractivity contribution in [2.45, 2.75) is 431 Å². The smallest absolute Gasteiger partial charge is 0.305 e. The predicted molar refractivity (Wildman–Crippen MR) is 356 cm³/mol. The molecule has 480 valence electrons. The highest BCUT2D eigenvalue weighted by Crippen LogP contribution is 2.20. The van der Waals surface area contributed by atoms with Gasteiger partial charge in [0.05, 0.1) is 25.4 Å². The molecule has 0 aromatic carbocycles. The van der Waals surface area contributed by atoms with Crippen LogP contribution in [0.25, 0.3) is 0 Å². The molecule has 1 amide bonds. The van der Waals surface area contributed by atoms with Crippen LogP contribution in [-0.4, -0.2) is 47.4 Å². The van der Waals surface area contributed by atoms with Crippen molar-refractivity contribution in [1.82, 2.24) is 5.32 Å². The SMILES string of the molecule is CCCCC/C=C\C/C=C\CCCCCCCCCCCC(=O)OCCCCCCCCCCCCCCCCCCCCCCCCCCCCCCCCC(=O)NC(CO)C(O)CCCCCCCCCCCCCCCCC. The lowest BCUT2D eigenvalue weighted by atomic mass is 10.0. The van der Waals surface area contributed by atoms with Gasteiger partial charge in [-0.3, -0.25) is 9.59 Å². The summed E-state index contributed by atoms with van der Waals surface area (Å²) >= 11 is 0. The summed E-state index contributed by atoms with van der Waals surface area (Å²) < 4.78 is 5.51. The molecule has 0 aliphatic heterocycles. The number of amides is 1. The second-order valence-electron chi connectivity index (χ2n) is 25.6. The maximum Gasteiger partial charge on any atom is 0.305 e. The van der Waals surface area contributed by atoms with Crippen LogP contribution in [0.5, 0.6) is 0 Å². The normalized spacial score (nSPS) is 12.6. The Morgan fingerprint density at radius 3 is 0.963 bits per heavy atom. The third kappa shape index (κ3) is 67.3. The van der Waals surface area contributed by atoms with E-state index >= 15 is 0 Å². The molecule has 6 heteroatoms. The minimum atomic E-state index is -0.661. The van der Waals surface area contributed by atoms with Crippen molar-refractivity contribution in [3.05, 3.63) is 24.3 Å². The zero-order chi connectivity index (χ0) is 58.5. The maximum atomic E-state index is 12.5. The zero-order valence-electron chi connectivity index (χ0n) is 55.0. The van der Waals surface area contributed by atoms with Crippen LogP contribution < -0.4 is 5.32 Å². The number of aliphatic hydroxyl groups is 2. The second-order valence-corrected chi connectivity index (χ2v) is 25.6. The summed E-state index contributed by atoms with van der Waals surface area (Å²) in [5, 5.41) is 23.3. The van der Waals surface area contributed by atoms with Crippen LogP contribution >= 0.6 is 0 Å². The van der Waals surface area contributed by atoms with Crippen molar-refractivity contribution in [3.63, 3.8) is 0 Å². The van der Waals surface area contributed by atoms with E-state index in [1.807, 2.05) is 0 Å². The first-order valence-corrected chi connectivity index (χ1v) is 37.1. The Balaban J connectivity index is 3.31. The summed E-state index contributed by atoms with van der Waals surface area (Å²) in [6.07, 6.45) is 89.6. The van der Waals surface area contributed by atoms with Crippen LogP contribution in [0.2, 0.25) is 0 Å². The molecule has 81 heavy (non-hydrogen) atoms. The van der Waals surface area contributed by atoms with Gasteiger partial charge in [0.2, 0.25) is 5.91 Å². The molecule has 0 aliphatic carbocycles. The largest absolute Gasteiger partial charge is 0.466 e. The summed E-state index contributed by atoms with van der Waals surface area (Å²) in [7, 11) is 0. The van der Waals surface area contributed by atoms with Gasteiger partial charge in [0.1, 0.15) is 0 Å². The molecule has 2 atom stereocenters. The average Bonchev–Trinajstić information content (AvgIpc) is 3.47. The summed E-state index contributed by atoms with van der Waals surface area (Å²) in [4.78, 5) is 24.6. The molecule has 0 saturated heterocycles. The van der Waals surface area contributed by atoms with E-state index in [1.54, 1.807) is 0 Å².